The van der Waals surface area contributed by atoms with Gasteiger partial charge in [0.05, 0.1) is 12.1 Å². The van der Waals surface area contributed by atoms with E-state index < -0.39 is 0 Å². The van der Waals surface area contributed by atoms with Crippen LogP contribution in [0, 0.1) is 7.43 Å². The van der Waals surface area contributed by atoms with Crippen LogP contribution in [0.2, 0.25) is 0 Å². The van der Waals surface area contributed by atoms with Crippen molar-refractivity contribution in [1.29, 1.82) is 0 Å². The molecule has 0 spiro atoms. The molecule has 27 heavy (non-hydrogen) atoms. The summed E-state index contributed by atoms with van der Waals surface area (Å²) < 4.78 is 8.31. The van der Waals surface area contributed by atoms with Crippen molar-refractivity contribution < 1.29 is 32.5 Å². The normalized spacial score (nSPS) is 19.2. The molecular formula is C21H25N2O3Re. The SMILES string of the molecule is Oc1ccccc1C=NC1CCCCC1N=Cc1ccccc1O.[CH3-].[O+]#[Re]. The summed E-state index contributed by atoms with van der Waals surface area (Å²) in [7, 11) is 0. The van der Waals surface area contributed by atoms with Crippen LogP contribution in [0.15, 0.2) is 58.5 Å². The van der Waals surface area contributed by atoms with E-state index in [2.05, 4.69) is 9.98 Å². The predicted octanol–water partition coefficient (Wildman–Crippen LogP) is 4.28. The number of hydrogen-bond acceptors (Lipinski definition) is 4. The third kappa shape index (κ3) is 6.91. The van der Waals surface area contributed by atoms with E-state index in [1.165, 1.54) is 0 Å². The molecule has 2 atom stereocenters. The van der Waals surface area contributed by atoms with Gasteiger partial charge in [-0.15, -0.1) is 0 Å². The quantitative estimate of drug-likeness (QED) is 0.345. The summed E-state index contributed by atoms with van der Waals surface area (Å²) in [6.07, 6.45) is 7.76. The van der Waals surface area contributed by atoms with Crippen LogP contribution in [0.4, 0.5) is 0 Å². The molecule has 2 N–H and O–H groups in total. The third-order valence-electron chi connectivity index (χ3n) is 4.38. The number of phenolic OH excluding ortho intramolecular Hbond substituents is 2. The first-order valence-corrected chi connectivity index (χ1v) is 9.62. The Morgan fingerprint density at radius 2 is 1.15 bits per heavy atom. The van der Waals surface area contributed by atoms with E-state index in [4.69, 9.17) is 3.29 Å². The van der Waals surface area contributed by atoms with Gasteiger partial charge < -0.3 is 17.6 Å². The number of rotatable bonds is 4. The number of aromatic hydroxyl groups is 2. The monoisotopic (exact) mass is 540 g/mol. The van der Waals surface area contributed by atoms with Crippen molar-refractivity contribution >= 4 is 12.4 Å². The molecule has 0 aromatic heterocycles. The van der Waals surface area contributed by atoms with Crippen LogP contribution in [-0.4, -0.2) is 34.7 Å². The van der Waals surface area contributed by atoms with Gasteiger partial charge in [0.15, 0.2) is 0 Å². The van der Waals surface area contributed by atoms with Gasteiger partial charge in [-0.2, -0.15) is 0 Å². The van der Waals surface area contributed by atoms with E-state index in [0.717, 1.165) is 36.8 Å². The fourth-order valence-electron chi connectivity index (χ4n) is 2.98. The molecule has 2 unspecified atom stereocenters. The van der Waals surface area contributed by atoms with E-state index in [0.29, 0.717) is 19.0 Å². The van der Waals surface area contributed by atoms with Gasteiger partial charge in [-0.3, -0.25) is 9.98 Å². The van der Waals surface area contributed by atoms with Gasteiger partial charge in [-0.25, -0.2) is 0 Å². The van der Waals surface area contributed by atoms with Gasteiger partial charge in [0.1, 0.15) is 11.5 Å². The maximum atomic E-state index is 9.84. The van der Waals surface area contributed by atoms with Crippen molar-refractivity contribution in [3.63, 3.8) is 0 Å². The van der Waals surface area contributed by atoms with Gasteiger partial charge >= 0.3 is 22.3 Å². The molecule has 1 aliphatic carbocycles. The van der Waals surface area contributed by atoms with Crippen LogP contribution in [0.3, 0.4) is 0 Å². The number of aliphatic imine (C=N–C) groups is 2. The van der Waals surface area contributed by atoms with Crippen molar-refractivity contribution in [2.45, 2.75) is 37.8 Å². The van der Waals surface area contributed by atoms with Crippen LogP contribution < -0.4 is 0 Å². The first-order chi connectivity index (χ1) is 12.7. The van der Waals surface area contributed by atoms with Gasteiger partial charge in [-0.05, 0) is 37.1 Å². The predicted molar refractivity (Wildman–Crippen MR) is 105 cm³/mol. The van der Waals surface area contributed by atoms with Crippen LogP contribution in [0.1, 0.15) is 36.8 Å². The van der Waals surface area contributed by atoms with E-state index in [-0.39, 0.29) is 31.0 Å². The molecule has 5 nitrogen and oxygen atoms in total. The van der Waals surface area contributed by atoms with Crippen LogP contribution >= 0.6 is 0 Å². The number of phenols is 2. The topological polar surface area (TPSA) is 85.1 Å². The Kier molecular flexibility index (Phi) is 10.6. The number of nitrogens with zero attached hydrogens (tertiary/aromatic N) is 2. The zero-order chi connectivity index (χ0) is 18.8. The molecule has 2 aromatic rings. The van der Waals surface area contributed by atoms with Crippen LogP contribution in [0.5, 0.6) is 11.5 Å². The average molecular weight is 540 g/mol. The molecule has 1 saturated carbocycles. The zero-order valence-corrected chi connectivity index (χ0v) is 18.0. The first kappa shape index (κ1) is 23.0. The Hall–Kier alpha value is -2.00. The summed E-state index contributed by atoms with van der Waals surface area (Å²) in [5.41, 5.74) is 1.46. The fourth-order valence-corrected chi connectivity index (χ4v) is 2.98. The molecule has 3 rings (SSSR count). The molecule has 0 saturated heterocycles. The Bertz CT molecular complexity index is 726. The number of hydrogen-bond donors (Lipinski definition) is 2. The molecule has 6 heteroatoms. The Labute approximate surface area is 171 Å². The molecular weight excluding hydrogens is 514 g/mol. The summed E-state index contributed by atoms with van der Waals surface area (Å²) >= 11 is 0.472. The van der Waals surface area contributed by atoms with Crippen molar-refractivity contribution in [1.82, 2.24) is 0 Å². The van der Waals surface area contributed by atoms with Gasteiger partial charge in [0, 0.05) is 23.6 Å². The average Bonchev–Trinajstić information content (AvgIpc) is 2.69. The van der Waals surface area contributed by atoms with E-state index in [1.807, 2.05) is 24.3 Å². The maximum absolute atomic E-state index is 9.84. The third-order valence-corrected chi connectivity index (χ3v) is 4.38. The van der Waals surface area contributed by atoms with Gasteiger partial charge in [0.2, 0.25) is 0 Å². The summed E-state index contributed by atoms with van der Waals surface area (Å²) in [4.78, 5) is 9.34. The first-order valence-electron chi connectivity index (χ1n) is 8.52. The Morgan fingerprint density at radius 1 is 0.778 bits per heavy atom. The van der Waals surface area contributed by atoms with Crippen molar-refractivity contribution in [3.05, 3.63) is 67.1 Å². The van der Waals surface area contributed by atoms with E-state index in [1.54, 1.807) is 36.7 Å². The Morgan fingerprint density at radius 3 is 1.52 bits per heavy atom. The molecule has 2 aromatic carbocycles. The molecule has 144 valence electrons. The molecule has 0 aliphatic heterocycles. The second-order valence-corrected chi connectivity index (χ2v) is 6.09. The molecule has 0 bridgehead atoms. The van der Waals surface area contributed by atoms with Crippen LogP contribution in [0.25, 0.3) is 0 Å². The second kappa shape index (κ2) is 12.4. The fraction of sp³-hybridized carbons (Fsp3) is 0.286. The minimum absolute atomic E-state index is 0. The summed E-state index contributed by atoms with van der Waals surface area (Å²) in [6.45, 7) is 0. The molecule has 0 amide bonds. The summed E-state index contributed by atoms with van der Waals surface area (Å²) in [6, 6.07) is 14.6. The van der Waals surface area contributed by atoms with Crippen LogP contribution in [-0.2, 0) is 22.3 Å². The zero-order valence-electron chi connectivity index (χ0n) is 15.3. The minimum atomic E-state index is 0. The van der Waals surface area contributed by atoms with Gasteiger partial charge in [0.25, 0.3) is 0 Å². The Balaban J connectivity index is 0.00000118. The standard InChI is InChI=1S/C20H22N2O2.CH3.O.Re/c23-19-11-5-1-7-15(19)13-21-17-9-3-4-10-18(17)22-14-16-8-2-6-12-20(16)24;;;/h1-2,5-8,11-14,17-18,23-24H,3-4,9-10H2;1H3;;/q;-1;+1;. The molecule has 0 heterocycles. The van der Waals surface area contributed by atoms with E-state index >= 15 is 0 Å². The summed E-state index contributed by atoms with van der Waals surface area (Å²) in [5, 5.41) is 19.7. The number of para-hydroxylation sites is 2. The van der Waals surface area contributed by atoms with Crippen molar-refractivity contribution in [2.24, 2.45) is 9.98 Å². The van der Waals surface area contributed by atoms with Gasteiger partial charge in [-0.1, -0.05) is 37.1 Å². The molecule has 0 radical (unpaired) electrons. The number of benzene rings is 2. The molecule has 1 aliphatic rings. The summed E-state index contributed by atoms with van der Waals surface area (Å²) in [5.74, 6) is 0.484. The van der Waals surface area contributed by atoms with Crippen molar-refractivity contribution in [3.8, 4) is 11.5 Å². The van der Waals surface area contributed by atoms with E-state index in [9.17, 15) is 10.2 Å². The second-order valence-electron chi connectivity index (χ2n) is 6.09. The molecule has 1 fully saturated rings. The van der Waals surface area contributed by atoms with Crippen molar-refractivity contribution in [2.75, 3.05) is 0 Å².